The Balaban J connectivity index is 1.59. The smallest absolute Gasteiger partial charge is 0.346 e. The maximum absolute atomic E-state index is 13.2. The highest BCUT2D eigenvalue weighted by Gasteiger charge is 2.19. The van der Waals surface area contributed by atoms with Gasteiger partial charge in [0.1, 0.15) is 0 Å². The summed E-state index contributed by atoms with van der Waals surface area (Å²) in [7, 11) is 0. The summed E-state index contributed by atoms with van der Waals surface area (Å²) in [6, 6.07) is 14.7. The van der Waals surface area contributed by atoms with Gasteiger partial charge in [-0.3, -0.25) is 4.57 Å². The molecule has 4 rings (SSSR count). The molecular weight excluding hydrogens is 414 g/mol. The first-order valence-corrected chi connectivity index (χ1v) is 11.8. The molecule has 172 valence electrons. The number of carbonyl (C=O) groups is 1. The number of nitrogens with zero attached hydrogens (tertiary/aromatic N) is 3. The molecule has 6 heteroatoms. The Morgan fingerprint density at radius 1 is 1.09 bits per heavy atom. The third-order valence-electron chi connectivity index (χ3n) is 6.37. The molecule has 0 bridgehead atoms. The summed E-state index contributed by atoms with van der Waals surface area (Å²) in [6.07, 6.45) is 10.9. The van der Waals surface area contributed by atoms with Crippen LogP contribution < -0.4 is 5.69 Å². The Hall–Kier alpha value is -3.41. The van der Waals surface area contributed by atoms with Gasteiger partial charge in [-0.25, -0.2) is 14.3 Å². The molecule has 0 atom stereocenters. The highest BCUT2D eigenvalue weighted by Crippen LogP contribution is 2.25. The number of aromatic nitrogens is 3. The second-order valence-corrected chi connectivity index (χ2v) is 8.77. The summed E-state index contributed by atoms with van der Waals surface area (Å²) >= 11 is 0. The predicted molar refractivity (Wildman–Crippen MR) is 130 cm³/mol. The largest absolute Gasteiger partial charge is 0.478 e. The van der Waals surface area contributed by atoms with Crippen molar-refractivity contribution < 1.29 is 9.90 Å². The maximum atomic E-state index is 13.2. The molecule has 1 aliphatic carbocycles. The quantitative estimate of drug-likeness (QED) is 0.499. The summed E-state index contributed by atoms with van der Waals surface area (Å²) < 4.78 is 3.37. The van der Waals surface area contributed by atoms with Crippen molar-refractivity contribution in [3.63, 3.8) is 0 Å². The van der Waals surface area contributed by atoms with Crippen molar-refractivity contribution in [3.05, 3.63) is 82.0 Å². The van der Waals surface area contributed by atoms with Crippen LogP contribution in [0.5, 0.6) is 0 Å². The van der Waals surface area contributed by atoms with E-state index >= 15 is 0 Å². The molecule has 3 aromatic rings. The minimum atomic E-state index is -0.945. The lowest BCUT2D eigenvalue weighted by Crippen LogP contribution is -2.28. The zero-order valence-electron chi connectivity index (χ0n) is 19.1. The van der Waals surface area contributed by atoms with Gasteiger partial charge < -0.3 is 5.11 Å². The minimum Gasteiger partial charge on any atom is -0.478 e. The van der Waals surface area contributed by atoms with Crippen LogP contribution in [0.2, 0.25) is 0 Å². The van der Waals surface area contributed by atoms with Crippen LogP contribution in [0.15, 0.2) is 59.4 Å². The number of carboxylic acid groups (broad SMARTS) is 1. The van der Waals surface area contributed by atoms with Crippen molar-refractivity contribution >= 4 is 12.0 Å². The lowest BCUT2D eigenvalue weighted by atomic mass is 9.89. The molecule has 1 N–H and O–H groups in total. The second-order valence-electron chi connectivity index (χ2n) is 8.77. The van der Waals surface area contributed by atoms with Crippen molar-refractivity contribution in [1.82, 2.24) is 14.3 Å². The lowest BCUT2D eigenvalue weighted by Gasteiger charge is -2.20. The van der Waals surface area contributed by atoms with Crippen LogP contribution in [0.4, 0.5) is 0 Å². The summed E-state index contributed by atoms with van der Waals surface area (Å²) in [6.45, 7) is 3.17. The van der Waals surface area contributed by atoms with Gasteiger partial charge in [-0.05, 0) is 54.0 Å². The molecule has 0 aliphatic heterocycles. The third kappa shape index (κ3) is 5.33. The number of carboxylic acids is 1. The zero-order valence-corrected chi connectivity index (χ0v) is 19.1. The van der Waals surface area contributed by atoms with Gasteiger partial charge in [-0.15, -0.1) is 0 Å². The molecule has 6 nitrogen and oxygen atoms in total. The standard InChI is InChI=1S/C27H31N3O3/c1-2-3-13-25-28-30(19-20-9-5-4-6-10-20)27(33)29(25)18-21-14-16-22(17-15-21)23-11-7-8-12-24(23)26(31)32/h3,7-8,11-17,20H,2,4-6,9-10,18-19H2,1H3,(H,31,32). The summed E-state index contributed by atoms with van der Waals surface area (Å²) in [5.41, 5.74) is 2.69. The van der Waals surface area contributed by atoms with E-state index in [9.17, 15) is 14.7 Å². The van der Waals surface area contributed by atoms with Crippen LogP contribution in [-0.2, 0) is 13.1 Å². The van der Waals surface area contributed by atoms with Crippen molar-refractivity contribution in [3.8, 4) is 11.1 Å². The number of allylic oxidation sites excluding steroid dienone is 1. The maximum Gasteiger partial charge on any atom is 0.346 e. The highest BCUT2D eigenvalue weighted by atomic mass is 16.4. The van der Waals surface area contributed by atoms with Crippen molar-refractivity contribution in [2.75, 3.05) is 0 Å². The van der Waals surface area contributed by atoms with Crippen molar-refractivity contribution in [2.24, 2.45) is 5.92 Å². The van der Waals surface area contributed by atoms with E-state index in [1.807, 2.05) is 48.6 Å². The highest BCUT2D eigenvalue weighted by molar-refractivity contribution is 5.95. The molecule has 0 amide bonds. The van der Waals surface area contributed by atoms with E-state index in [-0.39, 0.29) is 11.3 Å². The normalized spacial score (nSPS) is 14.7. The first-order valence-electron chi connectivity index (χ1n) is 11.8. The van der Waals surface area contributed by atoms with E-state index in [1.165, 1.54) is 32.1 Å². The van der Waals surface area contributed by atoms with Gasteiger partial charge in [0, 0.05) is 6.54 Å². The Labute approximate surface area is 194 Å². The fourth-order valence-electron chi connectivity index (χ4n) is 4.58. The topological polar surface area (TPSA) is 77.1 Å². The van der Waals surface area contributed by atoms with E-state index in [0.29, 0.717) is 30.4 Å². The first kappa shape index (κ1) is 22.8. The predicted octanol–water partition coefficient (Wildman–Crippen LogP) is 5.46. The van der Waals surface area contributed by atoms with Crippen LogP contribution >= 0.6 is 0 Å². The average molecular weight is 446 g/mol. The molecule has 0 unspecified atom stereocenters. The summed E-state index contributed by atoms with van der Waals surface area (Å²) in [5, 5.41) is 14.1. The van der Waals surface area contributed by atoms with E-state index in [2.05, 4.69) is 12.0 Å². The van der Waals surface area contributed by atoms with Crippen LogP contribution in [0.1, 0.15) is 67.2 Å². The van der Waals surface area contributed by atoms with Gasteiger partial charge >= 0.3 is 11.7 Å². The monoisotopic (exact) mass is 445 g/mol. The van der Waals surface area contributed by atoms with Gasteiger partial charge in [-0.1, -0.05) is 74.7 Å². The van der Waals surface area contributed by atoms with E-state index in [4.69, 9.17) is 0 Å². The van der Waals surface area contributed by atoms with Gasteiger partial charge in [0.25, 0.3) is 0 Å². The molecule has 1 aromatic heterocycles. The van der Waals surface area contributed by atoms with Crippen molar-refractivity contribution in [1.29, 1.82) is 0 Å². The van der Waals surface area contributed by atoms with E-state index < -0.39 is 5.97 Å². The number of benzene rings is 2. The Kier molecular flexibility index (Phi) is 7.23. The van der Waals surface area contributed by atoms with Gasteiger partial charge in [0.05, 0.1) is 12.1 Å². The molecule has 0 radical (unpaired) electrons. The minimum absolute atomic E-state index is 0.0726. The van der Waals surface area contributed by atoms with E-state index in [0.717, 1.165) is 17.5 Å². The molecule has 0 saturated heterocycles. The van der Waals surface area contributed by atoms with Crippen LogP contribution in [0, 0.1) is 5.92 Å². The second kappa shape index (κ2) is 10.5. The molecule has 1 fully saturated rings. The Bertz CT molecular complexity index is 1180. The van der Waals surface area contributed by atoms with Gasteiger partial charge in [0.2, 0.25) is 0 Å². The molecule has 0 spiro atoms. The van der Waals surface area contributed by atoms with Crippen LogP contribution in [0.25, 0.3) is 17.2 Å². The van der Waals surface area contributed by atoms with Gasteiger partial charge in [-0.2, -0.15) is 5.10 Å². The van der Waals surface area contributed by atoms with Crippen LogP contribution in [-0.4, -0.2) is 25.4 Å². The van der Waals surface area contributed by atoms with Gasteiger partial charge in [0.15, 0.2) is 5.82 Å². The molecule has 2 aromatic carbocycles. The summed E-state index contributed by atoms with van der Waals surface area (Å²) in [5.74, 6) is 0.258. The third-order valence-corrected chi connectivity index (χ3v) is 6.37. The van der Waals surface area contributed by atoms with Crippen molar-refractivity contribution in [2.45, 2.75) is 58.5 Å². The SMILES string of the molecule is CCC=Cc1nn(CC2CCCCC2)c(=O)n1Cc1ccc(-c2ccccc2C(=O)O)cc1. The molecule has 1 aliphatic rings. The molecular formula is C27H31N3O3. The zero-order chi connectivity index (χ0) is 23.2. The Morgan fingerprint density at radius 3 is 2.52 bits per heavy atom. The number of rotatable bonds is 8. The molecule has 33 heavy (non-hydrogen) atoms. The fourth-order valence-corrected chi connectivity index (χ4v) is 4.58. The number of hydrogen-bond acceptors (Lipinski definition) is 3. The number of hydrogen-bond donors (Lipinski definition) is 1. The molecule has 1 saturated carbocycles. The fraction of sp³-hybridized carbons (Fsp3) is 0.370. The number of aromatic carboxylic acids is 1. The Morgan fingerprint density at radius 2 is 1.82 bits per heavy atom. The average Bonchev–Trinajstić information content (AvgIpc) is 3.13. The first-order chi connectivity index (χ1) is 16.1. The summed E-state index contributed by atoms with van der Waals surface area (Å²) in [4.78, 5) is 24.8. The van der Waals surface area contributed by atoms with E-state index in [1.54, 1.807) is 21.4 Å². The molecule has 1 heterocycles. The van der Waals surface area contributed by atoms with Crippen LogP contribution in [0.3, 0.4) is 0 Å². The lowest BCUT2D eigenvalue weighted by molar-refractivity contribution is 0.0697.